The number of sulfonamides is 1. The van der Waals surface area contributed by atoms with Crippen LogP contribution in [0.1, 0.15) is 0 Å². The standard InChI is InChI=1S/C14H15NO5S/c1-20-14(17)12(16)9-15-21(18,19)13-8-4-6-10-5-2-3-7-11(10)13/h2-8,12,15-16H,9H2,1H3. The molecule has 0 heterocycles. The Morgan fingerprint density at radius 3 is 2.62 bits per heavy atom. The molecule has 1 atom stereocenters. The van der Waals surface area contributed by atoms with Crippen molar-refractivity contribution in [1.82, 2.24) is 4.72 Å². The first-order valence-electron chi connectivity index (χ1n) is 6.19. The van der Waals surface area contributed by atoms with E-state index in [0.29, 0.717) is 5.39 Å². The molecule has 112 valence electrons. The van der Waals surface area contributed by atoms with Crippen molar-refractivity contribution < 1.29 is 23.1 Å². The molecule has 2 rings (SSSR count). The summed E-state index contributed by atoms with van der Waals surface area (Å²) >= 11 is 0. The summed E-state index contributed by atoms with van der Waals surface area (Å²) < 4.78 is 31.1. The van der Waals surface area contributed by atoms with E-state index < -0.39 is 28.6 Å². The summed E-state index contributed by atoms with van der Waals surface area (Å²) in [7, 11) is -2.73. The molecule has 0 fully saturated rings. The summed E-state index contributed by atoms with van der Waals surface area (Å²) in [6.07, 6.45) is -1.54. The average Bonchev–Trinajstić information content (AvgIpc) is 2.51. The summed E-state index contributed by atoms with van der Waals surface area (Å²) in [6.45, 7) is -0.446. The molecular weight excluding hydrogens is 294 g/mol. The molecule has 1 unspecified atom stereocenters. The van der Waals surface area contributed by atoms with Crippen LogP contribution < -0.4 is 4.72 Å². The lowest BCUT2D eigenvalue weighted by Gasteiger charge is -2.12. The molecule has 0 amide bonds. The first-order valence-corrected chi connectivity index (χ1v) is 7.67. The first-order chi connectivity index (χ1) is 9.95. The van der Waals surface area contributed by atoms with Crippen LogP contribution in [0.4, 0.5) is 0 Å². The molecule has 6 nitrogen and oxygen atoms in total. The second-order valence-corrected chi connectivity index (χ2v) is 6.10. The third-order valence-electron chi connectivity index (χ3n) is 2.98. The van der Waals surface area contributed by atoms with E-state index in [9.17, 15) is 18.3 Å². The quantitative estimate of drug-likeness (QED) is 0.791. The number of rotatable bonds is 5. The minimum Gasteiger partial charge on any atom is -0.467 e. The second kappa shape index (κ2) is 6.21. The highest BCUT2D eigenvalue weighted by Gasteiger charge is 2.21. The third kappa shape index (κ3) is 3.38. The molecule has 0 aliphatic rings. The van der Waals surface area contributed by atoms with Crippen LogP contribution in [0.5, 0.6) is 0 Å². The number of aliphatic hydroxyl groups is 1. The van der Waals surface area contributed by atoms with E-state index in [0.717, 1.165) is 12.5 Å². The van der Waals surface area contributed by atoms with Gasteiger partial charge in [-0.2, -0.15) is 0 Å². The average molecular weight is 309 g/mol. The molecule has 0 saturated carbocycles. The number of fused-ring (bicyclic) bond motifs is 1. The Morgan fingerprint density at radius 2 is 1.90 bits per heavy atom. The van der Waals surface area contributed by atoms with Crippen molar-refractivity contribution in [3.63, 3.8) is 0 Å². The zero-order chi connectivity index (χ0) is 15.5. The van der Waals surface area contributed by atoms with Crippen molar-refractivity contribution in [3.8, 4) is 0 Å². The Labute approximate surface area is 122 Å². The lowest BCUT2D eigenvalue weighted by molar-refractivity contribution is -0.149. The van der Waals surface area contributed by atoms with Crippen molar-refractivity contribution in [1.29, 1.82) is 0 Å². The van der Waals surface area contributed by atoms with Gasteiger partial charge in [-0.25, -0.2) is 17.9 Å². The van der Waals surface area contributed by atoms with Crippen LogP contribution in [0.15, 0.2) is 47.4 Å². The highest BCUT2D eigenvalue weighted by molar-refractivity contribution is 7.89. The first kappa shape index (κ1) is 15.4. The molecule has 0 aromatic heterocycles. The van der Waals surface area contributed by atoms with Gasteiger partial charge in [0, 0.05) is 11.9 Å². The van der Waals surface area contributed by atoms with Crippen LogP contribution in [0.2, 0.25) is 0 Å². The maximum Gasteiger partial charge on any atom is 0.336 e. The van der Waals surface area contributed by atoms with Gasteiger partial charge < -0.3 is 9.84 Å². The number of hydrogen-bond acceptors (Lipinski definition) is 5. The fraction of sp³-hybridized carbons (Fsp3) is 0.214. The molecule has 21 heavy (non-hydrogen) atoms. The van der Waals surface area contributed by atoms with Gasteiger partial charge in [0.1, 0.15) is 0 Å². The number of benzene rings is 2. The fourth-order valence-corrected chi connectivity index (χ4v) is 3.18. The number of esters is 1. The lowest BCUT2D eigenvalue weighted by atomic mass is 10.1. The summed E-state index contributed by atoms with van der Waals surface area (Å²) in [5, 5.41) is 10.8. The van der Waals surface area contributed by atoms with E-state index in [1.165, 1.54) is 6.07 Å². The summed E-state index contributed by atoms with van der Waals surface area (Å²) in [4.78, 5) is 11.2. The normalized spacial score (nSPS) is 13.0. The molecule has 0 aliphatic heterocycles. The largest absolute Gasteiger partial charge is 0.467 e. The minimum absolute atomic E-state index is 0.0951. The van der Waals surface area contributed by atoms with Crippen molar-refractivity contribution in [2.75, 3.05) is 13.7 Å². The topological polar surface area (TPSA) is 92.7 Å². The number of ether oxygens (including phenoxy) is 1. The van der Waals surface area contributed by atoms with Gasteiger partial charge >= 0.3 is 5.97 Å². The maximum atomic E-state index is 12.3. The number of aliphatic hydroxyl groups excluding tert-OH is 1. The predicted molar refractivity (Wildman–Crippen MR) is 77.2 cm³/mol. The smallest absolute Gasteiger partial charge is 0.336 e. The number of carbonyl (C=O) groups excluding carboxylic acids is 1. The van der Waals surface area contributed by atoms with Gasteiger partial charge in [0.2, 0.25) is 10.0 Å². The third-order valence-corrected chi connectivity index (χ3v) is 4.46. The highest BCUT2D eigenvalue weighted by atomic mass is 32.2. The summed E-state index contributed by atoms with van der Waals surface area (Å²) in [5.74, 6) is -0.893. The van der Waals surface area contributed by atoms with Gasteiger partial charge in [-0.05, 0) is 11.5 Å². The van der Waals surface area contributed by atoms with E-state index in [1.54, 1.807) is 30.3 Å². The lowest BCUT2D eigenvalue weighted by Crippen LogP contribution is -2.37. The second-order valence-electron chi connectivity index (χ2n) is 4.37. The van der Waals surface area contributed by atoms with E-state index in [-0.39, 0.29) is 4.90 Å². The SMILES string of the molecule is COC(=O)C(O)CNS(=O)(=O)c1cccc2ccccc12. The summed E-state index contributed by atoms with van der Waals surface area (Å²) in [5.41, 5.74) is 0. The van der Waals surface area contributed by atoms with Crippen LogP contribution in [0, 0.1) is 0 Å². The number of hydrogen-bond donors (Lipinski definition) is 2. The molecule has 2 aromatic carbocycles. The van der Waals surface area contributed by atoms with Gasteiger partial charge in [-0.15, -0.1) is 0 Å². The van der Waals surface area contributed by atoms with Gasteiger partial charge in [-0.3, -0.25) is 0 Å². The molecule has 0 aliphatic carbocycles. The van der Waals surface area contributed by atoms with Gasteiger partial charge in [0.05, 0.1) is 12.0 Å². The molecular formula is C14H15NO5S. The maximum absolute atomic E-state index is 12.3. The summed E-state index contributed by atoms with van der Waals surface area (Å²) in [6, 6.07) is 12.0. The number of nitrogens with one attached hydrogen (secondary N) is 1. The van der Waals surface area contributed by atoms with Gasteiger partial charge in [0.25, 0.3) is 0 Å². The van der Waals surface area contributed by atoms with Crippen LogP contribution >= 0.6 is 0 Å². The van der Waals surface area contributed by atoms with Crippen molar-refractivity contribution in [2.24, 2.45) is 0 Å². The molecule has 0 bridgehead atoms. The fourth-order valence-electron chi connectivity index (χ4n) is 1.92. The van der Waals surface area contributed by atoms with Crippen molar-refractivity contribution >= 4 is 26.8 Å². The molecule has 0 saturated heterocycles. The van der Waals surface area contributed by atoms with Crippen LogP contribution in [-0.4, -0.2) is 39.3 Å². The molecule has 0 radical (unpaired) electrons. The zero-order valence-corrected chi connectivity index (χ0v) is 12.1. The Kier molecular flexibility index (Phi) is 4.56. The number of carbonyl (C=O) groups is 1. The Bertz CT molecular complexity index is 752. The molecule has 0 spiro atoms. The Balaban J connectivity index is 2.28. The zero-order valence-electron chi connectivity index (χ0n) is 11.3. The van der Waals surface area contributed by atoms with E-state index >= 15 is 0 Å². The van der Waals surface area contributed by atoms with E-state index in [2.05, 4.69) is 9.46 Å². The van der Waals surface area contributed by atoms with Crippen molar-refractivity contribution in [3.05, 3.63) is 42.5 Å². The van der Waals surface area contributed by atoms with Crippen molar-refractivity contribution in [2.45, 2.75) is 11.0 Å². The van der Waals surface area contributed by atoms with E-state index in [1.807, 2.05) is 6.07 Å². The predicted octanol–water partition coefficient (Wildman–Crippen LogP) is 0.652. The molecule has 7 heteroatoms. The highest BCUT2D eigenvalue weighted by Crippen LogP contribution is 2.22. The van der Waals surface area contributed by atoms with Crippen LogP contribution in [-0.2, 0) is 19.6 Å². The Morgan fingerprint density at radius 1 is 1.24 bits per heavy atom. The van der Waals surface area contributed by atoms with Crippen LogP contribution in [0.25, 0.3) is 10.8 Å². The Hall–Kier alpha value is -1.96. The monoisotopic (exact) mass is 309 g/mol. The minimum atomic E-state index is -3.84. The van der Waals surface area contributed by atoms with Gasteiger partial charge in [0.15, 0.2) is 6.10 Å². The molecule has 2 N–H and O–H groups in total. The van der Waals surface area contributed by atoms with E-state index in [4.69, 9.17) is 0 Å². The van der Waals surface area contributed by atoms with Gasteiger partial charge in [-0.1, -0.05) is 36.4 Å². The molecule has 2 aromatic rings. The number of methoxy groups -OCH3 is 1. The van der Waals surface area contributed by atoms with Crippen LogP contribution in [0.3, 0.4) is 0 Å².